The van der Waals surface area contributed by atoms with Gasteiger partial charge in [0.25, 0.3) is 5.91 Å². The van der Waals surface area contributed by atoms with Gasteiger partial charge in [0.05, 0.1) is 5.56 Å². The summed E-state index contributed by atoms with van der Waals surface area (Å²) in [4.78, 5) is 42.1. The van der Waals surface area contributed by atoms with Gasteiger partial charge in [-0.2, -0.15) is 0 Å². The van der Waals surface area contributed by atoms with Gasteiger partial charge in [-0.1, -0.05) is 0 Å². The molecule has 3 fully saturated rings. The fourth-order valence-electron chi connectivity index (χ4n) is 3.66. The van der Waals surface area contributed by atoms with Gasteiger partial charge in [-0.05, 0) is 24.8 Å². The summed E-state index contributed by atoms with van der Waals surface area (Å²) < 4.78 is 1.42. The van der Waals surface area contributed by atoms with Crippen LogP contribution in [0.5, 0.6) is 0 Å². The van der Waals surface area contributed by atoms with Crippen molar-refractivity contribution in [2.45, 2.75) is 18.9 Å². The Labute approximate surface area is 141 Å². The molecule has 3 saturated heterocycles. The fraction of sp³-hybridized carbons (Fsp3) is 0.588. The maximum absolute atomic E-state index is 12.9. The van der Waals surface area contributed by atoms with E-state index >= 15 is 0 Å². The number of urea groups is 1. The zero-order chi connectivity index (χ0) is 17.4. The molecular weight excluding hydrogens is 308 g/mol. The molecule has 7 nitrogen and oxygen atoms in total. The van der Waals surface area contributed by atoms with Crippen LogP contribution in [-0.2, 0) is 7.05 Å². The normalized spacial score (nSPS) is 23.1. The number of fused-ring (bicyclic) bond motifs is 4. The minimum absolute atomic E-state index is 0.00306. The smallest absolute Gasteiger partial charge is 0.319 e. The molecule has 4 rings (SSSR count). The number of pyridine rings is 1. The molecule has 24 heavy (non-hydrogen) atoms. The van der Waals surface area contributed by atoms with E-state index in [-0.39, 0.29) is 23.5 Å². The number of amides is 3. The first-order chi connectivity index (χ1) is 11.4. The highest BCUT2D eigenvalue weighted by Gasteiger charge is 2.39. The Morgan fingerprint density at radius 2 is 1.88 bits per heavy atom. The van der Waals surface area contributed by atoms with Crippen molar-refractivity contribution in [3.05, 3.63) is 34.2 Å². The standard InChI is InChI=1S/C17H24N4O3/c1-18(2)17(24)20-8-12-4-6-14(11-20)21(9-12)16(23)13-5-7-15(22)19(3)10-13/h5,7,10,12,14H,4,6,8-9,11H2,1-3H3/t12-,14+/m0/s1. The van der Waals surface area contributed by atoms with E-state index in [0.717, 1.165) is 12.8 Å². The number of carbonyl (C=O) groups excluding carboxylic acids is 2. The first-order valence-electron chi connectivity index (χ1n) is 8.30. The second-order valence-corrected chi connectivity index (χ2v) is 7.00. The lowest BCUT2D eigenvalue weighted by Crippen LogP contribution is -2.48. The molecule has 1 aromatic heterocycles. The summed E-state index contributed by atoms with van der Waals surface area (Å²) in [5.41, 5.74) is 0.391. The van der Waals surface area contributed by atoms with Gasteiger partial charge < -0.3 is 19.3 Å². The predicted octanol–water partition coefficient (Wildman–Crippen LogP) is 0.603. The molecule has 0 N–H and O–H groups in total. The zero-order valence-electron chi connectivity index (χ0n) is 14.4. The average Bonchev–Trinajstić information content (AvgIpc) is 2.87. The number of hydrogen-bond acceptors (Lipinski definition) is 3. The lowest BCUT2D eigenvalue weighted by Gasteiger charge is -2.36. The van der Waals surface area contributed by atoms with E-state index in [1.807, 2.05) is 9.80 Å². The van der Waals surface area contributed by atoms with Crippen LogP contribution in [0.25, 0.3) is 0 Å². The van der Waals surface area contributed by atoms with Crippen molar-refractivity contribution < 1.29 is 9.59 Å². The van der Waals surface area contributed by atoms with Crippen LogP contribution < -0.4 is 5.56 Å². The summed E-state index contributed by atoms with van der Waals surface area (Å²) in [7, 11) is 5.15. The van der Waals surface area contributed by atoms with Crippen molar-refractivity contribution in [1.29, 1.82) is 0 Å². The second-order valence-electron chi connectivity index (χ2n) is 7.00. The molecule has 0 unspecified atom stereocenters. The van der Waals surface area contributed by atoms with Gasteiger partial charge in [-0.3, -0.25) is 9.59 Å². The van der Waals surface area contributed by atoms with Crippen LogP contribution in [0.15, 0.2) is 23.1 Å². The van der Waals surface area contributed by atoms with Gasteiger partial charge in [0.15, 0.2) is 0 Å². The van der Waals surface area contributed by atoms with Crippen molar-refractivity contribution in [2.24, 2.45) is 13.0 Å². The maximum atomic E-state index is 12.9. The molecule has 7 heteroatoms. The lowest BCUT2D eigenvalue weighted by molar-refractivity contribution is 0.0585. The summed E-state index contributed by atoms with van der Waals surface area (Å²) in [6.45, 7) is 1.94. The molecule has 130 valence electrons. The highest BCUT2D eigenvalue weighted by atomic mass is 16.2. The predicted molar refractivity (Wildman–Crippen MR) is 89.9 cm³/mol. The average molecular weight is 332 g/mol. The molecule has 1 aromatic rings. The largest absolute Gasteiger partial charge is 0.333 e. The molecular formula is C17H24N4O3. The van der Waals surface area contributed by atoms with Gasteiger partial charge >= 0.3 is 6.03 Å². The van der Waals surface area contributed by atoms with Crippen LogP contribution >= 0.6 is 0 Å². The van der Waals surface area contributed by atoms with Crippen LogP contribution in [0.1, 0.15) is 23.2 Å². The van der Waals surface area contributed by atoms with Crippen LogP contribution in [0.4, 0.5) is 4.79 Å². The quantitative estimate of drug-likeness (QED) is 0.756. The molecule has 2 atom stereocenters. The summed E-state index contributed by atoms with van der Waals surface area (Å²) >= 11 is 0. The van der Waals surface area contributed by atoms with Crippen molar-refractivity contribution >= 4 is 11.9 Å². The topological polar surface area (TPSA) is 65.9 Å². The number of hydrogen-bond donors (Lipinski definition) is 0. The molecule has 0 radical (unpaired) electrons. The van der Waals surface area contributed by atoms with E-state index in [2.05, 4.69) is 0 Å². The van der Waals surface area contributed by atoms with Crippen LogP contribution in [0.3, 0.4) is 0 Å². The SMILES string of the molecule is CN(C)C(=O)N1C[C@@H]2CC[C@H](C1)N(C(=O)c1ccc(=O)n(C)c1)C2. The Morgan fingerprint density at radius 3 is 2.54 bits per heavy atom. The van der Waals surface area contributed by atoms with Crippen LogP contribution in [0.2, 0.25) is 0 Å². The Balaban J connectivity index is 1.82. The first-order valence-corrected chi connectivity index (χ1v) is 8.30. The molecule has 0 saturated carbocycles. The third-order valence-corrected chi connectivity index (χ3v) is 4.96. The molecule has 4 heterocycles. The number of nitrogens with zero attached hydrogens (tertiary/aromatic N) is 4. The number of piperidine rings is 1. The van der Waals surface area contributed by atoms with Crippen LogP contribution in [0, 0.1) is 5.92 Å². The lowest BCUT2D eigenvalue weighted by atomic mass is 9.94. The van der Waals surface area contributed by atoms with Crippen LogP contribution in [-0.4, -0.2) is 71.0 Å². The van der Waals surface area contributed by atoms with Gasteiger partial charge in [0.1, 0.15) is 0 Å². The number of carbonyl (C=O) groups is 2. The van der Waals surface area contributed by atoms with E-state index in [1.165, 1.54) is 10.6 Å². The number of aromatic nitrogens is 1. The molecule has 2 bridgehead atoms. The summed E-state index contributed by atoms with van der Waals surface area (Å²) in [6.07, 6.45) is 3.55. The molecule has 0 spiro atoms. The molecule has 3 aliphatic heterocycles. The Kier molecular flexibility index (Phi) is 4.34. The van der Waals surface area contributed by atoms with Crippen molar-refractivity contribution in [2.75, 3.05) is 33.7 Å². The summed E-state index contributed by atoms with van der Waals surface area (Å²) in [6, 6.07) is 3.05. The molecule has 0 aromatic carbocycles. The van der Waals surface area contributed by atoms with E-state index in [0.29, 0.717) is 31.1 Å². The van der Waals surface area contributed by atoms with Gasteiger partial charge in [-0.25, -0.2) is 4.79 Å². The second kappa shape index (κ2) is 6.30. The summed E-state index contributed by atoms with van der Waals surface area (Å²) in [5, 5.41) is 0. The van der Waals surface area contributed by atoms with E-state index in [1.54, 1.807) is 38.3 Å². The minimum atomic E-state index is -0.133. The highest BCUT2D eigenvalue weighted by molar-refractivity contribution is 5.94. The van der Waals surface area contributed by atoms with Gasteiger partial charge in [-0.15, -0.1) is 0 Å². The summed E-state index contributed by atoms with van der Waals surface area (Å²) in [5.74, 6) is 0.253. The van der Waals surface area contributed by atoms with Gasteiger partial charge in [0.2, 0.25) is 5.56 Å². The fourth-order valence-corrected chi connectivity index (χ4v) is 3.66. The van der Waals surface area contributed by atoms with Crippen molar-refractivity contribution in [3.8, 4) is 0 Å². The minimum Gasteiger partial charge on any atom is -0.333 e. The molecule has 3 aliphatic rings. The third kappa shape index (κ3) is 3.02. The Bertz CT molecular complexity index is 712. The van der Waals surface area contributed by atoms with E-state index in [9.17, 15) is 14.4 Å². The maximum Gasteiger partial charge on any atom is 0.319 e. The third-order valence-electron chi connectivity index (χ3n) is 4.96. The Morgan fingerprint density at radius 1 is 1.12 bits per heavy atom. The highest BCUT2D eigenvalue weighted by Crippen LogP contribution is 2.29. The Hall–Kier alpha value is -2.31. The number of aryl methyl sites for hydroxylation is 1. The molecule has 0 aliphatic carbocycles. The van der Waals surface area contributed by atoms with E-state index < -0.39 is 0 Å². The number of rotatable bonds is 1. The van der Waals surface area contributed by atoms with Gasteiger partial charge in [0, 0.05) is 59.1 Å². The zero-order valence-corrected chi connectivity index (χ0v) is 14.4. The van der Waals surface area contributed by atoms with E-state index in [4.69, 9.17) is 0 Å². The first kappa shape index (κ1) is 16.5. The molecule has 3 amide bonds. The van der Waals surface area contributed by atoms with Crippen molar-refractivity contribution in [1.82, 2.24) is 19.3 Å². The van der Waals surface area contributed by atoms with Crippen molar-refractivity contribution in [3.63, 3.8) is 0 Å². The monoisotopic (exact) mass is 332 g/mol.